The molecule has 5 heteroatoms. The minimum atomic E-state index is -0.0213. The van der Waals surface area contributed by atoms with Crippen molar-refractivity contribution in [1.82, 2.24) is 9.55 Å². The predicted molar refractivity (Wildman–Crippen MR) is 136 cm³/mol. The number of aromatic nitrogens is 2. The summed E-state index contributed by atoms with van der Waals surface area (Å²) in [5, 5.41) is 1.29. The fraction of sp³-hybridized carbons (Fsp3) is 0.286. The topological polar surface area (TPSA) is 44.1 Å². The highest BCUT2D eigenvalue weighted by molar-refractivity contribution is 6.30. The number of fused-ring (bicyclic) bond motifs is 1. The van der Waals surface area contributed by atoms with Crippen molar-refractivity contribution in [2.75, 3.05) is 6.61 Å². The first kappa shape index (κ1) is 23.1. The van der Waals surface area contributed by atoms with Crippen LogP contribution in [-0.2, 0) is 6.54 Å². The van der Waals surface area contributed by atoms with Gasteiger partial charge in [-0.05, 0) is 79.3 Å². The highest BCUT2D eigenvalue weighted by Crippen LogP contribution is 2.25. The zero-order valence-corrected chi connectivity index (χ0v) is 20.1. The summed E-state index contributed by atoms with van der Waals surface area (Å²) in [6, 6.07) is 21.4. The molecular formula is C28H29ClN2O2. The maximum absolute atomic E-state index is 13.3. The summed E-state index contributed by atoms with van der Waals surface area (Å²) >= 11 is 6.07. The lowest BCUT2D eigenvalue weighted by Crippen LogP contribution is -2.24. The predicted octanol–water partition coefficient (Wildman–Crippen LogP) is 7.01. The highest BCUT2D eigenvalue weighted by Gasteiger charge is 2.13. The van der Waals surface area contributed by atoms with Crippen LogP contribution in [0.2, 0.25) is 5.02 Å². The quantitative estimate of drug-likeness (QED) is 0.266. The Labute approximate surface area is 199 Å². The Kier molecular flexibility index (Phi) is 7.14. The minimum Gasteiger partial charge on any atom is -0.493 e. The molecule has 0 radical (unpaired) electrons. The molecule has 0 saturated heterocycles. The Morgan fingerprint density at radius 3 is 2.52 bits per heavy atom. The van der Waals surface area contributed by atoms with Gasteiger partial charge in [-0.1, -0.05) is 49.7 Å². The molecule has 1 aromatic heterocycles. The Bertz CT molecular complexity index is 1310. The van der Waals surface area contributed by atoms with Crippen LogP contribution in [0.3, 0.4) is 0 Å². The summed E-state index contributed by atoms with van der Waals surface area (Å²) in [7, 11) is 0. The molecule has 0 N–H and O–H groups in total. The maximum Gasteiger partial charge on any atom is 0.261 e. The Morgan fingerprint density at radius 2 is 1.76 bits per heavy atom. The molecule has 0 aliphatic rings. The van der Waals surface area contributed by atoms with Crippen LogP contribution >= 0.6 is 11.6 Å². The van der Waals surface area contributed by atoms with E-state index in [2.05, 4.69) is 39.0 Å². The van der Waals surface area contributed by atoms with Crippen molar-refractivity contribution in [3.8, 4) is 17.1 Å². The van der Waals surface area contributed by atoms with Gasteiger partial charge < -0.3 is 4.74 Å². The number of hydrogen-bond acceptors (Lipinski definition) is 3. The minimum absolute atomic E-state index is 0.0213. The number of rotatable bonds is 8. The van der Waals surface area contributed by atoms with Gasteiger partial charge in [-0.3, -0.25) is 9.36 Å². The molecule has 4 nitrogen and oxygen atoms in total. The summed E-state index contributed by atoms with van der Waals surface area (Å²) in [5.41, 5.74) is 3.97. The van der Waals surface area contributed by atoms with E-state index in [4.69, 9.17) is 21.3 Å². The normalized spacial score (nSPS) is 11.3. The fourth-order valence-electron chi connectivity index (χ4n) is 3.88. The van der Waals surface area contributed by atoms with Gasteiger partial charge in [0.05, 0.1) is 17.5 Å². The molecule has 0 aliphatic carbocycles. The Hall–Kier alpha value is -3.11. The third kappa shape index (κ3) is 5.28. The lowest BCUT2D eigenvalue weighted by Gasteiger charge is -2.15. The van der Waals surface area contributed by atoms with Crippen molar-refractivity contribution in [1.29, 1.82) is 0 Å². The van der Waals surface area contributed by atoms with Crippen molar-refractivity contribution in [2.24, 2.45) is 0 Å². The zero-order chi connectivity index (χ0) is 23.4. The van der Waals surface area contributed by atoms with Gasteiger partial charge in [0.25, 0.3) is 5.56 Å². The molecule has 1 heterocycles. The molecule has 0 bridgehead atoms. The molecule has 0 spiro atoms. The monoisotopic (exact) mass is 460 g/mol. The molecule has 0 saturated carbocycles. The highest BCUT2D eigenvalue weighted by atomic mass is 35.5. The largest absolute Gasteiger partial charge is 0.493 e. The zero-order valence-electron chi connectivity index (χ0n) is 19.3. The summed E-state index contributed by atoms with van der Waals surface area (Å²) in [6.07, 6.45) is 1.65. The van der Waals surface area contributed by atoms with E-state index >= 15 is 0 Å². The summed E-state index contributed by atoms with van der Waals surface area (Å²) in [5.74, 6) is 2.07. The molecule has 0 atom stereocenters. The summed E-state index contributed by atoms with van der Waals surface area (Å²) < 4.78 is 7.85. The van der Waals surface area contributed by atoms with E-state index in [-0.39, 0.29) is 5.56 Å². The number of benzene rings is 3. The molecule has 33 heavy (non-hydrogen) atoms. The van der Waals surface area contributed by atoms with Gasteiger partial charge in [-0.25, -0.2) is 4.98 Å². The summed E-state index contributed by atoms with van der Waals surface area (Å²) in [6.45, 7) is 7.61. The van der Waals surface area contributed by atoms with Crippen LogP contribution in [0.15, 0.2) is 71.5 Å². The molecule has 0 amide bonds. The van der Waals surface area contributed by atoms with Gasteiger partial charge >= 0.3 is 0 Å². The lowest BCUT2D eigenvalue weighted by molar-refractivity contribution is 0.300. The van der Waals surface area contributed by atoms with Crippen LogP contribution in [0.5, 0.6) is 5.75 Å². The standard InChI is InChI=1S/C28H29ClN2O2/c1-19(2)22-11-10-20(3)26(18-22)33-17-7-6-16-31-27(21-12-14-23(29)15-13-21)30-25-9-5-4-8-24(25)28(31)32/h4-5,8-15,18-19H,6-7,16-17H2,1-3H3. The van der Waals surface area contributed by atoms with Gasteiger partial charge in [-0.2, -0.15) is 0 Å². The molecule has 4 rings (SSSR count). The first-order valence-corrected chi connectivity index (χ1v) is 11.8. The van der Waals surface area contributed by atoms with Crippen molar-refractivity contribution in [3.63, 3.8) is 0 Å². The van der Waals surface area contributed by atoms with E-state index in [0.717, 1.165) is 29.7 Å². The molecule has 3 aromatic carbocycles. The van der Waals surface area contributed by atoms with E-state index in [0.29, 0.717) is 40.8 Å². The van der Waals surface area contributed by atoms with Crippen molar-refractivity contribution in [3.05, 3.63) is 93.2 Å². The van der Waals surface area contributed by atoms with Gasteiger partial charge in [0.1, 0.15) is 11.6 Å². The van der Waals surface area contributed by atoms with Gasteiger partial charge in [-0.15, -0.1) is 0 Å². The number of ether oxygens (including phenoxy) is 1. The average Bonchev–Trinajstić information content (AvgIpc) is 2.81. The number of halogens is 1. The number of nitrogens with zero attached hydrogens (tertiary/aromatic N) is 2. The van der Waals surface area contributed by atoms with Crippen molar-refractivity contribution < 1.29 is 4.74 Å². The van der Waals surface area contributed by atoms with Crippen LogP contribution in [0.25, 0.3) is 22.3 Å². The number of aryl methyl sites for hydroxylation is 1. The van der Waals surface area contributed by atoms with E-state index < -0.39 is 0 Å². The van der Waals surface area contributed by atoms with Crippen molar-refractivity contribution >= 4 is 22.5 Å². The average molecular weight is 461 g/mol. The van der Waals surface area contributed by atoms with Gasteiger partial charge in [0.2, 0.25) is 0 Å². The second kappa shape index (κ2) is 10.2. The smallest absolute Gasteiger partial charge is 0.261 e. The second-order valence-electron chi connectivity index (χ2n) is 8.65. The van der Waals surface area contributed by atoms with Crippen molar-refractivity contribution in [2.45, 2.75) is 46.1 Å². The number of unbranched alkanes of at least 4 members (excludes halogenated alkanes) is 1. The van der Waals surface area contributed by atoms with Gasteiger partial charge in [0, 0.05) is 17.1 Å². The first-order valence-electron chi connectivity index (χ1n) is 11.4. The van der Waals surface area contributed by atoms with E-state index in [9.17, 15) is 4.79 Å². The molecular weight excluding hydrogens is 432 g/mol. The summed E-state index contributed by atoms with van der Waals surface area (Å²) in [4.78, 5) is 18.1. The third-order valence-electron chi connectivity index (χ3n) is 5.88. The Morgan fingerprint density at radius 1 is 1.00 bits per heavy atom. The number of hydrogen-bond donors (Lipinski definition) is 0. The third-order valence-corrected chi connectivity index (χ3v) is 6.13. The van der Waals surface area contributed by atoms with Crippen LogP contribution < -0.4 is 10.3 Å². The molecule has 0 fully saturated rings. The van der Waals surface area contributed by atoms with E-state index in [1.54, 1.807) is 4.57 Å². The molecule has 170 valence electrons. The Balaban J connectivity index is 1.51. The maximum atomic E-state index is 13.3. The van der Waals surface area contributed by atoms with Crippen LogP contribution in [-0.4, -0.2) is 16.2 Å². The lowest BCUT2D eigenvalue weighted by atomic mass is 10.0. The molecule has 0 unspecified atom stereocenters. The second-order valence-corrected chi connectivity index (χ2v) is 9.09. The molecule has 0 aliphatic heterocycles. The SMILES string of the molecule is Cc1ccc(C(C)C)cc1OCCCCn1c(-c2ccc(Cl)cc2)nc2ccccc2c1=O. The molecule has 4 aromatic rings. The number of para-hydroxylation sites is 1. The van der Waals surface area contributed by atoms with Crippen LogP contribution in [0.4, 0.5) is 0 Å². The van der Waals surface area contributed by atoms with Crippen LogP contribution in [0.1, 0.15) is 43.7 Å². The van der Waals surface area contributed by atoms with Crippen LogP contribution in [0, 0.1) is 6.92 Å². The fourth-order valence-corrected chi connectivity index (χ4v) is 4.01. The van der Waals surface area contributed by atoms with E-state index in [1.807, 2.05) is 48.5 Å². The van der Waals surface area contributed by atoms with Gasteiger partial charge in [0.15, 0.2) is 0 Å². The van der Waals surface area contributed by atoms with E-state index in [1.165, 1.54) is 5.56 Å². The first-order chi connectivity index (χ1) is 15.9.